The van der Waals surface area contributed by atoms with Gasteiger partial charge < -0.3 is 4.98 Å². The summed E-state index contributed by atoms with van der Waals surface area (Å²) < 4.78 is 28.5. The predicted octanol–water partition coefficient (Wildman–Crippen LogP) is 4.85. The van der Waals surface area contributed by atoms with Gasteiger partial charge in [-0.3, -0.25) is 9.10 Å². The zero-order chi connectivity index (χ0) is 22.2. The van der Waals surface area contributed by atoms with Crippen LogP contribution in [0.5, 0.6) is 0 Å². The van der Waals surface area contributed by atoms with Gasteiger partial charge in [-0.25, -0.2) is 8.42 Å². The van der Waals surface area contributed by atoms with Crippen LogP contribution in [0.25, 0.3) is 10.9 Å². The Bertz CT molecular complexity index is 1420. The van der Waals surface area contributed by atoms with Crippen LogP contribution in [-0.4, -0.2) is 13.4 Å². The highest BCUT2D eigenvalue weighted by atomic mass is 32.2. The van der Waals surface area contributed by atoms with E-state index < -0.39 is 10.0 Å². The molecule has 0 fully saturated rings. The van der Waals surface area contributed by atoms with Crippen LogP contribution in [0.1, 0.15) is 22.3 Å². The average molecular weight is 433 g/mol. The van der Waals surface area contributed by atoms with Gasteiger partial charge in [-0.1, -0.05) is 35.9 Å². The molecule has 6 heteroatoms. The molecule has 0 spiro atoms. The minimum Gasteiger partial charge on any atom is -0.322 e. The summed E-state index contributed by atoms with van der Waals surface area (Å²) in [4.78, 5) is 15.9. The van der Waals surface area contributed by atoms with Crippen molar-refractivity contribution in [3.05, 3.63) is 105 Å². The molecule has 0 atom stereocenters. The molecule has 0 saturated carbocycles. The van der Waals surface area contributed by atoms with E-state index in [1.54, 1.807) is 42.5 Å². The molecule has 0 aliphatic rings. The Morgan fingerprint density at radius 1 is 0.839 bits per heavy atom. The van der Waals surface area contributed by atoms with Gasteiger partial charge in [0, 0.05) is 11.1 Å². The van der Waals surface area contributed by atoms with E-state index in [0.29, 0.717) is 11.3 Å². The number of benzene rings is 3. The van der Waals surface area contributed by atoms with E-state index in [4.69, 9.17) is 0 Å². The number of anilines is 1. The maximum Gasteiger partial charge on any atom is 0.264 e. The maximum atomic E-state index is 13.6. The summed E-state index contributed by atoms with van der Waals surface area (Å²) in [5.74, 6) is 0. The molecule has 4 rings (SSSR count). The predicted molar refractivity (Wildman–Crippen MR) is 125 cm³/mol. The monoisotopic (exact) mass is 432 g/mol. The van der Waals surface area contributed by atoms with Crippen molar-refractivity contribution in [1.82, 2.24) is 4.98 Å². The Hall–Kier alpha value is -3.38. The van der Waals surface area contributed by atoms with Gasteiger partial charge in [0.25, 0.3) is 15.6 Å². The maximum absolute atomic E-state index is 13.6. The number of aromatic nitrogens is 1. The van der Waals surface area contributed by atoms with Gasteiger partial charge in [0.05, 0.1) is 17.1 Å². The normalized spacial score (nSPS) is 11.6. The summed E-state index contributed by atoms with van der Waals surface area (Å²) in [7, 11) is -3.88. The van der Waals surface area contributed by atoms with Crippen molar-refractivity contribution < 1.29 is 8.42 Å². The van der Waals surface area contributed by atoms with Gasteiger partial charge in [0.15, 0.2) is 0 Å². The summed E-state index contributed by atoms with van der Waals surface area (Å²) in [6, 6.07) is 21.3. The van der Waals surface area contributed by atoms with E-state index in [9.17, 15) is 13.2 Å². The van der Waals surface area contributed by atoms with Gasteiger partial charge >= 0.3 is 0 Å². The molecule has 0 aliphatic heterocycles. The van der Waals surface area contributed by atoms with Crippen molar-refractivity contribution in [3.8, 4) is 0 Å². The molecule has 1 aromatic heterocycles. The van der Waals surface area contributed by atoms with E-state index in [-0.39, 0.29) is 17.0 Å². The van der Waals surface area contributed by atoms with Crippen molar-refractivity contribution in [2.75, 3.05) is 4.31 Å². The number of pyridine rings is 1. The van der Waals surface area contributed by atoms with Crippen LogP contribution in [0.3, 0.4) is 0 Å². The lowest BCUT2D eigenvalue weighted by Crippen LogP contribution is -2.33. The Morgan fingerprint density at radius 3 is 2.29 bits per heavy atom. The van der Waals surface area contributed by atoms with Gasteiger partial charge in [0.2, 0.25) is 0 Å². The fraction of sp³-hybridized carbons (Fsp3) is 0.160. The highest BCUT2D eigenvalue weighted by molar-refractivity contribution is 7.92. The van der Waals surface area contributed by atoms with Gasteiger partial charge in [-0.05, 0) is 79.7 Å². The number of H-pyrrole nitrogens is 1. The molecule has 5 nitrogen and oxygen atoms in total. The summed E-state index contributed by atoms with van der Waals surface area (Å²) in [5, 5.41) is 0.867. The molecule has 1 heterocycles. The third-order valence-corrected chi connectivity index (χ3v) is 7.29. The number of sulfonamides is 1. The smallest absolute Gasteiger partial charge is 0.264 e. The number of nitrogens with one attached hydrogen (secondary N) is 1. The van der Waals surface area contributed by atoms with Gasteiger partial charge in [0.1, 0.15) is 0 Å². The van der Waals surface area contributed by atoms with E-state index in [2.05, 4.69) is 4.98 Å². The molecule has 31 heavy (non-hydrogen) atoms. The Balaban J connectivity index is 1.87. The topological polar surface area (TPSA) is 70.2 Å². The number of hydrogen-bond acceptors (Lipinski definition) is 3. The SMILES string of the molecule is Cc1ccc2[nH]c(=O)c(CN(c3ccc(C)c(C)c3)S(=O)(=O)c3ccccc3)cc2c1. The number of aromatic amines is 1. The number of nitrogens with zero attached hydrogens (tertiary/aromatic N) is 1. The second kappa shape index (κ2) is 8.04. The largest absolute Gasteiger partial charge is 0.322 e. The summed E-state index contributed by atoms with van der Waals surface area (Å²) in [6.07, 6.45) is 0. The summed E-state index contributed by atoms with van der Waals surface area (Å²) in [5.41, 5.74) is 4.45. The van der Waals surface area contributed by atoms with Crippen molar-refractivity contribution >= 4 is 26.6 Å². The highest BCUT2D eigenvalue weighted by Gasteiger charge is 2.26. The lowest BCUT2D eigenvalue weighted by Gasteiger charge is -2.25. The Morgan fingerprint density at radius 2 is 1.58 bits per heavy atom. The van der Waals surface area contributed by atoms with Crippen molar-refractivity contribution in [3.63, 3.8) is 0 Å². The van der Waals surface area contributed by atoms with E-state index in [0.717, 1.165) is 27.6 Å². The zero-order valence-electron chi connectivity index (χ0n) is 17.7. The molecule has 158 valence electrons. The minimum absolute atomic E-state index is 0.0705. The molecule has 1 N–H and O–H groups in total. The van der Waals surface area contributed by atoms with Crippen molar-refractivity contribution in [2.24, 2.45) is 0 Å². The average Bonchev–Trinajstić information content (AvgIpc) is 2.75. The Kier molecular flexibility index (Phi) is 5.41. The van der Waals surface area contributed by atoms with Crippen LogP contribution in [0, 0.1) is 20.8 Å². The molecule has 0 aliphatic carbocycles. The van der Waals surface area contributed by atoms with Crippen molar-refractivity contribution in [1.29, 1.82) is 0 Å². The fourth-order valence-electron chi connectivity index (χ4n) is 3.56. The molecule has 4 aromatic rings. The van der Waals surface area contributed by atoms with Crippen molar-refractivity contribution in [2.45, 2.75) is 32.2 Å². The minimum atomic E-state index is -3.88. The quantitative estimate of drug-likeness (QED) is 0.490. The van der Waals surface area contributed by atoms with Crippen LogP contribution in [-0.2, 0) is 16.6 Å². The van der Waals surface area contributed by atoms with E-state index >= 15 is 0 Å². The number of aryl methyl sites for hydroxylation is 3. The second-order valence-electron chi connectivity index (χ2n) is 7.81. The number of fused-ring (bicyclic) bond motifs is 1. The highest BCUT2D eigenvalue weighted by Crippen LogP contribution is 2.27. The van der Waals surface area contributed by atoms with Gasteiger partial charge in [-0.15, -0.1) is 0 Å². The lowest BCUT2D eigenvalue weighted by atomic mass is 10.1. The standard InChI is InChI=1S/C25H24N2O3S/c1-17-9-12-24-20(13-17)15-21(25(28)26-24)16-27(22-11-10-18(2)19(3)14-22)31(29,30)23-7-5-4-6-8-23/h4-15H,16H2,1-3H3,(H,26,28). The van der Waals surface area contributed by atoms with Crippen LogP contribution in [0.4, 0.5) is 5.69 Å². The van der Waals surface area contributed by atoms with Crippen LogP contribution >= 0.6 is 0 Å². The van der Waals surface area contributed by atoms with E-state index in [1.807, 2.05) is 51.1 Å². The van der Waals surface area contributed by atoms with E-state index in [1.165, 1.54) is 4.31 Å². The second-order valence-corrected chi connectivity index (χ2v) is 9.67. The van der Waals surface area contributed by atoms with Crippen LogP contribution in [0.2, 0.25) is 0 Å². The lowest BCUT2D eigenvalue weighted by molar-refractivity contribution is 0.590. The first-order chi connectivity index (χ1) is 14.8. The first-order valence-corrected chi connectivity index (χ1v) is 11.5. The number of rotatable bonds is 5. The molecule has 0 saturated heterocycles. The third kappa shape index (κ3) is 4.11. The van der Waals surface area contributed by atoms with Crippen LogP contribution < -0.4 is 9.86 Å². The molecule has 0 radical (unpaired) electrons. The first kappa shape index (κ1) is 20.9. The summed E-state index contributed by atoms with van der Waals surface area (Å²) >= 11 is 0. The molecule has 0 amide bonds. The Labute approximate surface area is 182 Å². The molecular weight excluding hydrogens is 408 g/mol. The number of hydrogen-bond donors (Lipinski definition) is 1. The molecule has 3 aromatic carbocycles. The zero-order valence-corrected chi connectivity index (χ0v) is 18.5. The summed E-state index contributed by atoms with van der Waals surface area (Å²) in [6.45, 7) is 5.83. The molecule has 0 unspecified atom stereocenters. The molecule has 0 bridgehead atoms. The van der Waals surface area contributed by atoms with Crippen LogP contribution in [0.15, 0.2) is 82.5 Å². The first-order valence-electron chi connectivity index (χ1n) is 10.0. The third-order valence-electron chi connectivity index (χ3n) is 5.50. The van der Waals surface area contributed by atoms with Gasteiger partial charge in [-0.2, -0.15) is 0 Å². The fourth-order valence-corrected chi connectivity index (χ4v) is 5.01. The molecular formula is C25H24N2O3S.